The van der Waals surface area contributed by atoms with Crippen molar-refractivity contribution in [1.29, 1.82) is 0 Å². The van der Waals surface area contributed by atoms with Crippen molar-refractivity contribution in [3.8, 4) is 0 Å². The number of halogens is 5. The Kier molecular flexibility index (Phi) is 9.79. The van der Waals surface area contributed by atoms with Crippen LogP contribution in [0.4, 0.5) is 32.4 Å². The second-order valence-corrected chi connectivity index (χ2v) is 8.14. The van der Waals surface area contributed by atoms with E-state index >= 15 is 0 Å². The van der Waals surface area contributed by atoms with Crippen LogP contribution in [0.15, 0.2) is 0 Å². The van der Waals surface area contributed by atoms with Gasteiger partial charge in [0.2, 0.25) is 5.82 Å². The standard InChI is InChI=1S/C16H23F5N2O4Si/c1-4-25-28(26-5-2,27-6-3)9-7-8-22-16(24)23-15-13(20)11(18)10(17)12(19)14(15)21/h4-9H2,1-3H3,(H2,22,23,24). The van der Waals surface area contributed by atoms with E-state index in [0.29, 0.717) is 32.3 Å². The molecule has 0 aliphatic rings. The van der Waals surface area contributed by atoms with E-state index < -0.39 is 49.6 Å². The molecule has 0 radical (unpaired) electrons. The van der Waals surface area contributed by atoms with Crippen molar-refractivity contribution in [3.63, 3.8) is 0 Å². The summed E-state index contributed by atoms with van der Waals surface area (Å²) in [6, 6.07) is -0.759. The Bertz CT molecular complexity index is 635. The highest BCUT2D eigenvalue weighted by Gasteiger charge is 2.39. The van der Waals surface area contributed by atoms with Gasteiger partial charge in [-0.2, -0.15) is 0 Å². The third-order valence-electron chi connectivity index (χ3n) is 3.49. The number of carbonyl (C=O) groups excluding carboxylic acids is 1. The zero-order valence-electron chi connectivity index (χ0n) is 15.8. The zero-order chi connectivity index (χ0) is 21.3. The molecule has 28 heavy (non-hydrogen) atoms. The van der Waals surface area contributed by atoms with Crippen LogP contribution < -0.4 is 10.6 Å². The molecule has 0 saturated carbocycles. The first-order chi connectivity index (χ1) is 13.2. The molecule has 2 N–H and O–H groups in total. The molecule has 0 spiro atoms. The van der Waals surface area contributed by atoms with E-state index in [9.17, 15) is 26.7 Å². The smallest absolute Gasteiger partial charge is 0.374 e. The summed E-state index contributed by atoms with van der Waals surface area (Å²) in [5, 5.41) is 3.90. The van der Waals surface area contributed by atoms with E-state index in [1.54, 1.807) is 26.1 Å². The Morgan fingerprint density at radius 3 is 1.68 bits per heavy atom. The van der Waals surface area contributed by atoms with Crippen LogP contribution in [0.5, 0.6) is 0 Å². The lowest BCUT2D eigenvalue weighted by Gasteiger charge is -2.28. The first-order valence-corrected chi connectivity index (χ1v) is 10.6. The van der Waals surface area contributed by atoms with Crippen molar-refractivity contribution in [1.82, 2.24) is 5.32 Å². The van der Waals surface area contributed by atoms with Gasteiger partial charge in [0.1, 0.15) is 5.69 Å². The molecule has 0 fully saturated rings. The average molecular weight is 430 g/mol. The normalized spacial score (nSPS) is 11.6. The zero-order valence-corrected chi connectivity index (χ0v) is 16.8. The van der Waals surface area contributed by atoms with Crippen molar-refractivity contribution in [2.75, 3.05) is 31.7 Å². The molecule has 1 rings (SSSR count). The maximum atomic E-state index is 13.6. The third kappa shape index (κ3) is 6.12. The molecule has 0 bridgehead atoms. The molecule has 0 unspecified atom stereocenters. The fraction of sp³-hybridized carbons (Fsp3) is 0.562. The second kappa shape index (κ2) is 11.3. The molecule has 0 saturated heterocycles. The number of hydrogen-bond acceptors (Lipinski definition) is 4. The van der Waals surface area contributed by atoms with Gasteiger partial charge in [-0.3, -0.25) is 0 Å². The number of hydrogen-bond donors (Lipinski definition) is 2. The van der Waals surface area contributed by atoms with Crippen LogP contribution in [-0.2, 0) is 13.3 Å². The highest BCUT2D eigenvalue weighted by Crippen LogP contribution is 2.27. The van der Waals surface area contributed by atoms with Crippen LogP contribution in [0, 0.1) is 29.1 Å². The lowest BCUT2D eigenvalue weighted by Crippen LogP contribution is -2.46. The Labute approximate surface area is 160 Å². The molecule has 1 aromatic carbocycles. The fourth-order valence-corrected chi connectivity index (χ4v) is 4.99. The minimum Gasteiger partial charge on any atom is -0.374 e. The highest BCUT2D eigenvalue weighted by molar-refractivity contribution is 6.60. The number of carbonyl (C=O) groups is 1. The summed E-state index contributed by atoms with van der Waals surface area (Å²) in [6.07, 6.45) is 0.344. The average Bonchev–Trinajstić information content (AvgIpc) is 2.66. The van der Waals surface area contributed by atoms with Crippen molar-refractivity contribution in [2.45, 2.75) is 33.2 Å². The van der Waals surface area contributed by atoms with E-state index in [0.717, 1.165) is 0 Å². The molecule has 2 amide bonds. The molecule has 6 nitrogen and oxygen atoms in total. The van der Waals surface area contributed by atoms with Gasteiger partial charge in [-0.05, 0) is 27.2 Å². The molecule has 12 heteroatoms. The number of anilines is 1. The molecule has 0 aromatic heterocycles. The largest absolute Gasteiger partial charge is 0.500 e. The number of benzene rings is 1. The van der Waals surface area contributed by atoms with E-state index in [1.807, 2.05) is 0 Å². The first-order valence-electron chi connectivity index (χ1n) is 8.71. The van der Waals surface area contributed by atoms with E-state index in [4.69, 9.17) is 13.3 Å². The maximum Gasteiger partial charge on any atom is 0.500 e. The van der Waals surface area contributed by atoms with Crippen LogP contribution in [0.25, 0.3) is 0 Å². The van der Waals surface area contributed by atoms with Gasteiger partial charge >= 0.3 is 14.8 Å². The summed E-state index contributed by atoms with van der Waals surface area (Å²) < 4.78 is 83.3. The summed E-state index contributed by atoms with van der Waals surface area (Å²) in [6.45, 7) is 6.52. The highest BCUT2D eigenvalue weighted by atomic mass is 28.4. The van der Waals surface area contributed by atoms with Crippen LogP contribution >= 0.6 is 0 Å². The van der Waals surface area contributed by atoms with E-state index in [-0.39, 0.29) is 6.54 Å². The summed E-state index contributed by atoms with van der Waals surface area (Å²) in [7, 11) is -2.91. The van der Waals surface area contributed by atoms with E-state index in [1.165, 1.54) is 0 Å². The number of amides is 2. The van der Waals surface area contributed by atoms with Gasteiger partial charge < -0.3 is 23.9 Å². The van der Waals surface area contributed by atoms with Crippen molar-refractivity contribution in [2.24, 2.45) is 0 Å². The second-order valence-electron chi connectivity index (χ2n) is 5.41. The topological polar surface area (TPSA) is 68.8 Å². The van der Waals surface area contributed by atoms with Crippen LogP contribution in [-0.4, -0.2) is 41.2 Å². The maximum absolute atomic E-state index is 13.6. The van der Waals surface area contributed by atoms with Crippen molar-refractivity contribution >= 4 is 20.5 Å². The van der Waals surface area contributed by atoms with Gasteiger partial charge in [0.05, 0.1) is 0 Å². The van der Waals surface area contributed by atoms with Crippen molar-refractivity contribution in [3.05, 3.63) is 29.1 Å². The Morgan fingerprint density at radius 1 is 0.821 bits per heavy atom. The van der Waals surface area contributed by atoms with Gasteiger partial charge in [0.15, 0.2) is 23.3 Å². The lowest BCUT2D eigenvalue weighted by molar-refractivity contribution is 0.0708. The summed E-state index contributed by atoms with van der Waals surface area (Å²) >= 11 is 0. The predicted molar refractivity (Wildman–Crippen MR) is 93.3 cm³/mol. The quantitative estimate of drug-likeness (QED) is 0.183. The van der Waals surface area contributed by atoms with Crippen LogP contribution in [0.2, 0.25) is 6.04 Å². The fourth-order valence-electron chi connectivity index (χ4n) is 2.38. The first kappa shape index (κ1) is 24.3. The molecule has 1 aromatic rings. The minimum absolute atomic E-state index is 0.0310. The van der Waals surface area contributed by atoms with Crippen LogP contribution in [0.3, 0.4) is 0 Å². The van der Waals surface area contributed by atoms with Crippen LogP contribution in [0.1, 0.15) is 27.2 Å². The van der Waals surface area contributed by atoms with E-state index in [2.05, 4.69) is 5.32 Å². The molecular formula is C16H23F5N2O4Si. The Balaban J connectivity index is 2.66. The lowest BCUT2D eigenvalue weighted by atomic mass is 10.2. The number of urea groups is 1. The number of nitrogens with one attached hydrogen (secondary N) is 2. The van der Waals surface area contributed by atoms with Gasteiger partial charge in [-0.1, -0.05) is 0 Å². The molecule has 0 aliphatic carbocycles. The molecule has 0 atom stereocenters. The Morgan fingerprint density at radius 2 is 1.25 bits per heavy atom. The van der Waals surface area contributed by atoms with Gasteiger partial charge in [-0.15, -0.1) is 0 Å². The van der Waals surface area contributed by atoms with Gasteiger partial charge in [-0.25, -0.2) is 26.7 Å². The summed E-state index contributed by atoms with van der Waals surface area (Å²) in [4.78, 5) is 11.7. The molecule has 0 aliphatic heterocycles. The third-order valence-corrected chi connectivity index (χ3v) is 6.64. The summed E-state index contributed by atoms with van der Waals surface area (Å²) in [5.74, 6) is -10.8. The summed E-state index contributed by atoms with van der Waals surface area (Å²) in [5.41, 5.74) is -1.42. The Hall–Kier alpha value is -1.76. The molecule has 160 valence electrons. The van der Waals surface area contributed by atoms with Gasteiger partial charge in [0, 0.05) is 32.4 Å². The minimum atomic E-state index is -2.91. The number of rotatable bonds is 11. The van der Waals surface area contributed by atoms with Crippen molar-refractivity contribution < 1.29 is 40.0 Å². The molecule has 0 heterocycles. The SMILES string of the molecule is CCO[Si](CCCNC(=O)Nc1c(F)c(F)c(F)c(F)c1F)(OCC)OCC. The monoisotopic (exact) mass is 430 g/mol. The van der Waals surface area contributed by atoms with Gasteiger partial charge in [0.25, 0.3) is 0 Å². The molecular weight excluding hydrogens is 407 g/mol. The predicted octanol–water partition coefficient (Wildman–Crippen LogP) is 3.94.